The maximum Gasteiger partial charge on any atom is 0.0731 e. The third-order valence-electron chi connectivity index (χ3n) is 2.18. The van der Waals surface area contributed by atoms with Crippen LogP contribution in [0, 0.1) is 0 Å². The van der Waals surface area contributed by atoms with E-state index >= 15 is 0 Å². The Balaban J connectivity index is 2.10. The van der Waals surface area contributed by atoms with Crippen LogP contribution in [0.3, 0.4) is 0 Å². The number of hydrogen-bond acceptors (Lipinski definition) is 3. The molecule has 1 N–H and O–H groups in total. The molecule has 1 rings (SSSR count). The molecule has 0 aromatic carbocycles. The molecule has 0 aliphatic carbocycles. The smallest absolute Gasteiger partial charge is 0.0731 e. The summed E-state index contributed by atoms with van der Waals surface area (Å²) in [6.45, 7) is 3.59. The molecule has 1 atom stereocenters. The zero-order valence-corrected chi connectivity index (χ0v) is 8.86. The van der Waals surface area contributed by atoms with E-state index in [0.29, 0.717) is 12.6 Å². The van der Waals surface area contributed by atoms with Gasteiger partial charge in [-0.3, -0.25) is 4.98 Å². The van der Waals surface area contributed by atoms with Crippen LogP contribution in [-0.2, 0) is 11.3 Å². The second-order valence-electron chi connectivity index (χ2n) is 3.39. The molecule has 0 aliphatic rings. The summed E-state index contributed by atoms with van der Waals surface area (Å²) >= 11 is 0. The summed E-state index contributed by atoms with van der Waals surface area (Å²) in [5, 5.41) is 3.17. The van der Waals surface area contributed by atoms with Crippen molar-refractivity contribution in [2.24, 2.45) is 0 Å². The SMILES string of the molecule is CN[C@@H](C)CCOCc1cccnc1. The number of rotatable bonds is 6. The molecule has 0 saturated heterocycles. The first-order chi connectivity index (χ1) is 6.83. The molecule has 78 valence electrons. The van der Waals surface area contributed by atoms with Gasteiger partial charge in [0.05, 0.1) is 6.61 Å². The molecule has 3 heteroatoms. The number of nitrogens with one attached hydrogen (secondary N) is 1. The second kappa shape index (κ2) is 6.51. The molecule has 0 fully saturated rings. The van der Waals surface area contributed by atoms with Crippen molar-refractivity contribution in [1.29, 1.82) is 0 Å². The van der Waals surface area contributed by atoms with Gasteiger partial charge in [0.1, 0.15) is 0 Å². The lowest BCUT2D eigenvalue weighted by Crippen LogP contribution is -2.22. The molecule has 3 nitrogen and oxygen atoms in total. The quantitative estimate of drug-likeness (QED) is 0.698. The standard InChI is InChI=1S/C11H18N2O/c1-10(12-2)5-7-14-9-11-4-3-6-13-8-11/h3-4,6,8,10,12H,5,7,9H2,1-2H3/t10-/m0/s1. The maximum absolute atomic E-state index is 5.51. The van der Waals surface area contributed by atoms with Gasteiger partial charge in [0.15, 0.2) is 0 Å². The molecule has 1 aromatic heterocycles. The van der Waals surface area contributed by atoms with Gasteiger partial charge in [-0.25, -0.2) is 0 Å². The summed E-state index contributed by atoms with van der Waals surface area (Å²) in [4.78, 5) is 4.02. The summed E-state index contributed by atoms with van der Waals surface area (Å²) < 4.78 is 5.51. The Kier molecular flexibility index (Phi) is 5.19. The third kappa shape index (κ3) is 4.35. The highest BCUT2D eigenvalue weighted by Gasteiger charge is 1.97. The summed E-state index contributed by atoms with van der Waals surface area (Å²) in [6, 6.07) is 4.47. The molecular formula is C11H18N2O. The van der Waals surface area contributed by atoms with Crippen molar-refractivity contribution in [3.05, 3.63) is 30.1 Å². The van der Waals surface area contributed by atoms with Gasteiger partial charge in [-0.15, -0.1) is 0 Å². The fraction of sp³-hybridized carbons (Fsp3) is 0.545. The van der Waals surface area contributed by atoms with E-state index in [1.54, 1.807) is 6.20 Å². The van der Waals surface area contributed by atoms with E-state index in [0.717, 1.165) is 18.6 Å². The molecule has 0 spiro atoms. The monoisotopic (exact) mass is 194 g/mol. The predicted molar refractivity (Wildman–Crippen MR) is 57.0 cm³/mol. The molecule has 1 aromatic rings. The fourth-order valence-corrected chi connectivity index (χ4v) is 1.08. The molecule has 0 saturated carbocycles. The Labute approximate surface area is 85.5 Å². The average molecular weight is 194 g/mol. The fourth-order valence-electron chi connectivity index (χ4n) is 1.08. The zero-order valence-electron chi connectivity index (χ0n) is 8.86. The van der Waals surface area contributed by atoms with Crippen LogP contribution in [0.15, 0.2) is 24.5 Å². The number of aromatic nitrogens is 1. The minimum Gasteiger partial charge on any atom is -0.377 e. The van der Waals surface area contributed by atoms with E-state index in [9.17, 15) is 0 Å². The number of hydrogen-bond donors (Lipinski definition) is 1. The molecule has 0 amide bonds. The van der Waals surface area contributed by atoms with Crippen LogP contribution in [0.1, 0.15) is 18.9 Å². The lowest BCUT2D eigenvalue weighted by atomic mass is 10.2. The van der Waals surface area contributed by atoms with E-state index in [1.165, 1.54) is 0 Å². The summed E-state index contributed by atoms with van der Waals surface area (Å²) in [6.07, 6.45) is 4.64. The van der Waals surface area contributed by atoms with Gasteiger partial charge in [0.25, 0.3) is 0 Å². The van der Waals surface area contributed by atoms with E-state index in [2.05, 4.69) is 17.2 Å². The molecule has 0 radical (unpaired) electrons. The van der Waals surface area contributed by atoms with Crippen molar-refractivity contribution >= 4 is 0 Å². The Morgan fingerprint density at radius 3 is 3.07 bits per heavy atom. The highest BCUT2D eigenvalue weighted by atomic mass is 16.5. The molecule has 0 bridgehead atoms. The third-order valence-corrected chi connectivity index (χ3v) is 2.18. The molecular weight excluding hydrogens is 176 g/mol. The Morgan fingerprint density at radius 2 is 2.43 bits per heavy atom. The van der Waals surface area contributed by atoms with Crippen LogP contribution in [0.5, 0.6) is 0 Å². The van der Waals surface area contributed by atoms with E-state index in [1.807, 2.05) is 25.4 Å². The van der Waals surface area contributed by atoms with Crippen molar-refractivity contribution in [3.8, 4) is 0 Å². The molecule has 0 unspecified atom stereocenters. The van der Waals surface area contributed by atoms with Crippen LogP contribution in [0.4, 0.5) is 0 Å². The van der Waals surface area contributed by atoms with E-state index in [-0.39, 0.29) is 0 Å². The van der Waals surface area contributed by atoms with Gasteiger partial charge in [0.2, 0.25) is 0 Å². The van der Waals surface area contributed by atoms with E-state index in [4.69, 9.17) is 4.74 Å². The topological polar surface area (TPSA) is 34.1 Å². The Hall–Kier alpha value is -0.930. The lowest BCUT2D eigenvalue weighted by Gasteiger charge is -2.09. The van der Waals surface area contributed by atoms with E-state index < -0.39 is 0 Å². The highest BCUT2D eigenvalue weighted by molar-refractivity contribution is 5.06. The van der Waals surface area contributed by atoms with Gasteiger partial charge < -0.3 is 10.1 Å². The van der Waals surface area contributed by atoms with Gasteiger partial charge >= 0.3 is 0 Å². The van der Waals surface area contributed by atoms with Crippen molar-refractivity contribution in [2.45, 2.75) is 26.0 Å². The minimum atomic E-state index is 0.517. The van der Waals surface area contributed by atoms with Gasteiger partial charge in [-0.05, 0) is 32.0 Å². The normalized spacial score (nSPS) is 12.7. The summed E-state index contributed by atoms with van der Waals surface area (Å²) in [7, 11) is 1.96. The van der Waals surface area contributed by atoms with Crippen molar-refractivity contribution in [3.63, 3.8) is 0 Å². The zero-order chi connectivity index (χ0) is 10.2. The highest BCUT2D eigenvalue weighted by Crippen LogP contribution is 1.99. The van der Waals surface area contributed by atoms with Crippen LogP contribution in [-0.4, -0.2) is 24.7 Å². The van der Waals surface area contributed by atoms with Crippen molar-refractivity contribution in [1.82, 2.24) is 10.3 Å². The van der Waals surface area contributed by atoms with Gasteiger partial charge in [-0.1, -0.05) is 6.07 Å². The van der Waals surface area contributed by atoms with Crippen molar-refractivity contribution in [2.75, 3.05) is 13.7 Å². The Bertz CT molecular complexity index is 238. The first-order valence-corrected chi connectivity index (χ1v) is 4.97. The summed E-state index contributed by atoms with van der Waals surface area (Å²) in [5.41, 5.74) is 1.13. The number of ether oxygens (including phenoxy) is 1. The second-order valence-corrected chi connectivity index (χ2v) is 3.39. The lowest BCUT2D eigenvalue weighted by molar-refractivity contribution is 0.113. The number of nitrogens with zero attached hydrogens (tertiary/aromatic N) is 1. The van der Waals surface area contributed by atoms with Crippen molar-refractivity contribution < 1.29 is 4.74 Å². The first-order valence-electron chi connectivity index (χ1n) is 4.97. The molecule has 14 heavy (non-hydrogen) atoms. The Morgan fingerprint density at radius 1 is 1.57 bits per heavy atom. The number of pyridine rings is 1. The van der Waals surface area contributed by atoms with Crippen LogP contribution in [0.2, 0.25) is 0 Å². The van der Waals surface area contributed by atoms with Crippen LogP contribution < -0.4 is 5.32 Å². The summed E-state index contributed by atoms with van der Waals surface area (Å²) in [5.74, 6) is 0. The largest absolute Gasteiger partial charge is 0.377 e. The predicted octanol–water partition coefficient (Wildman–Crippen LogP) is 1.60. The molecule has 1 heterocycles. The van der Waals surface area contributed by atoms with Crippen LogP contribution in [0.25, 0.3) is 0 Å². The van der Waals surface area contributed by atoms with Crippen LogP contribution >= 0.6 is 0 Å². The molecule has 0 aliphatic heterocycles. The first kappa shape index (κ1) is 11.1. The average Bonchev–Trinajstić information content (AvgIpc) is 2.25. The minimum absolute atomic E-state index is 0.517. The maximum atomic E-state index is 5.51. The van der Waals surface area contributed by atoms with Gasteiger partial charge in [0, 0.05) is 25.0 Å². The van der Waals surface area contributed by atoms with Gasteiger partial charge in [-0.2, -0.15) is 0 Å².